The topological polar surface area (TPSA) is 71.1 Å². The van der Waals surface area contributed by atoms with Crippen molar-refractivity contribution >= 4 is 29.1 Å². The molecule has 1 aromatic carbocycles. The lowest BCUT2D eigenvalue weighted by molar-refractivity contribution is -0.115. The van der Waals surface area contributed by atoms with E-state index in [0.717, 1.165) is 5.56 Å². The van der Waals surface area contributed by atoms with Crippen LogP contribution in [0.1, 0.15) is 29.9 Å². The highest BCUT2D eigenvalue weighted by molar-refractivity contribution is 6.31. The van der Waals surface area contributed by atoms with Crippen molar-refractivity contribution < 1.29 is 9.59 Å². The number of pyridine rings is 1. The van der Waals surface area contributed by atoms with E-state index in [4.69, 9.17) is 18.0 Å². The molecule has 1 aromatic heterocycles. The van der Waals surface area contributed by atoms with E-state index in [1.165, 1.54) is 12.3 Å². The first-order valence-corrected chi connectivity index (χ1v) is 7.98. The van der Waals surface area contributed by atoms with Gasteiger partial charge in [-0.15, -0.1) is 6.42 Å². The van der Waals surface area contributed by atoms with Gasteiger partial charge in [-0.1, -0.05) is 35.7 Å². The molecule has 0 aliphatic carbocycles. The number of benzene rings is 1. The van der Waals surface area contributed by atoms with Crippen LogP contribution in [-0.2, 0) is 11.2 Å². The Balaban J connectivity index is 2.06. The number of nitrogens with one attached hydrogen (secondary N) is 2. The highest BCUT2D eigenvalue weighted by atomic mass is 35.5. The van der Waals surface area contributed by atoms with Crippen molar-refractivity contribution in [3.8, 4) is 12.3 Å². The van der Waals surface area contributed by atoms with Gasteiger partial charge in [-0.2, -0.15) is 0 Å². The van der Waals surface area contributed by atoms with Crippen LogP contribution in [-0.4, -0.2) is 22.3 Å². The number of amides is 2. The molecule has 2 N–H and O–H groups in total. The number of halogens is 1. The first-order chi connectivity index (χ1) is 11.8. The van der Waals surface area contributed by atoms with E-state index in [0.29, 0.717) is 10.7 Å². The molecule has 25 heavy (non-hydrogen) atoms. The molecule has 0 saturated carbocycles. The maximum atomic E-state index is 12.2. The summed E-state index contributed by atoms with van der Waals surface area (Å²) < 4.78 is 0. The molecule has 2 rings (SSSR count). The summed E-state index contributed by atoms with van der Waals surface area (Å²) >= 11 is 6.05. The van der Waals surface area contributed by atoms with Crippen LogP contribution in [0.4, 0.5) is 5.69 Å². The summed E-state index contributed by atoms with van der Waals surface area (Å²) in [4.78, 5) is 28.4. The van der Waals surface area contributed by atoms with Crippen molar-refractivity contribution in [2.75, 3.05) is 5.32 Å². The Kier molecular flexibility index (Phi) is 5.79. The standard InChI is InChI=1S/C19H18ClN3O2/c1-4-19(2,3)23-18(25)16-12-14(9-10-21-16)22-17(24)11-13-7-5-6-8-15(13)20/h1,5-10,12H,11H2,2-3H3,(H,23,25)(H,21,22,24). The molecule has 0 unspecified atom stereocenters. The Hall–Kier alpha value is -2.84. The fraction of sp³-hybridized carbons (Fsp3) is 0.211. The van der Waals surface area contributed by atoms with Crippen LogP contribution in [0.25, 0.3) is 0 Å². The second-order valence-electron chi connectivity index (χ2n) is 5.97. The monoisotopic (exact) mass is 355 g/mol. The van der Waals surface area contributed by atoms with Crippen molar-refractivity contribution in [2.45, 2.75) is 25.8 Å². The summed E-state index contributed by atoms with van der Waals surface area (Å²) in [5, 5.41) is 5.95. The Morgan fingerprint density at radius 3 is 2.68 bits per heavy atom. The lowest BCUT2D eigenvalue weighted by Gasteiger charge is -2.19. The van der Waals surface area contributed by atoms with E-state index in [1.54, 1.807) is 38.1 Å². The predicted octanol–water partition coefficient (Wildman–Crippen LogP) is 3.06. The molecular weight excluding hydrogens is 338 g/mol. The molecule has 0 bridgehead atoms. The van der Waals surface area contributed by atoms with Gasteiger partial charge in [0.15, 0.2) is 0 Å². The fourth-order valence-corrected chi connectivity index (χ4v) is 2.24. The summed E-state index contributed by atoms with van der Waals surface area (Å²) in [6, 6.07) is 10.2. The zero-order valence-corrected chi connectivity index (χ0v) is 14.7. The Morgan fingerprint density at radius 1 is 1.28 bits per heavy atom. The molecule has 6 heteroatoms. The Labute approximate surface area is 151 Å². The van der Waals surface area contributed by atoms with E-state index >= 15 is 0 Å². The van der Waals surface area contributed by atoms with Crippen LogP contribution in [0.3, 0.4) is 0 Å². The van der Waals surface area contributed by atoms with Gasteiger partial charge in [0.2, 0.25) is 5.91 Å². The SMILES string of the molecule is C#CC(C)(C)NC(=O)c1cc(NC(=O)Cc2ccccc2Cl)ccn1. The molecule has 0 aliphatic rings. The Morgan fingerprint density at radius 2 is 2.00 bits per heavy atom. The van der Waals surface area contributed by atoms with Gasteiger partial charge >= 0.3 is 0 Å². The van der Waals surface area contributed by atoms with Crippen molar-refractivity contribution in [1.82, 2.24) is 10.3 Å². The second kappa shape index (κ2) is 7.82. The van der Waals surface area contributed by atoms with Gasteiger partial charge in [0.05, 0.1) is 12.0 Å². The van der Waals surface area contributed by atoms with Crippen LogP contribution in [0, 0.1) is 12.3 Å². The van der Waals surface area contributed by atoms with E-state index in [2.05, 4.69) is 21.5 Å². The van der Waals surface area contributed by atoms with Crippen molar-refractivity contribution in [2.24, 2.45) is 0 Å². The summed E-state index contributed by atoms with van der Waals surface area (Å²) in [7, 11) is 0. The number of rotatable bonds is 5. The highest BCUT2D eigenvalue weighted by Crippen LogP contribution is 2.16. The molecule has 1 heterocycles. The van der Waals surface area contributed by atoms with Crippen LogP contribution >= 0.6 is 11.6 Å². The Bertz CT molecular complexity index is 841. The molecular formula is C19H18ClN3O2. The predicted molar refractivity (Wildman–Crippen MR) is 98.4 cm³/mol. The fourth-order valence-electron chi connectivity index (χ4n) is 2.04. The average molecular weight is 356 g/mol. The largest absolute Gasteiger partial charge is 0.335 e. The van der Waals surface area contributed by atoms with E-state index < -0.39 is 11.4 Å². The van der Waals surface area contributed by atoms with Gasteiger partial charge in [0.1, 0.15) is 5.69 Å². The smallest absolute Gasteiger partial charge is 0.271 e. The normalized spacial score (nSPS) is 10.6. The number of hydrogen-bond donors (Lipinski definition) is 2. The van der Waals surface area contributed by atoms with Crippen molar-refractivity contribution in [3.05, 3.63) is 58.9 Å². The van der Waals surface area contributed by atoms with Gasteiger partial charge in [0.25, 0.3) is 5.91 Å². The van der Waals surface area contributed by atoms with E-state index in [-0.39, 0.29) is 18.0 Å². The zero-order valence-electron chi connectivity index (χ0n) is 14.0. The second-order valence-corrected chi connectivity index (χ2v) is 6.38. The number of hydrogen-bond acceptors (Lipinski definition) is 3. The summed E-state index contributed by atoms with van der Waals surface area (Å²) in [6.07, 6.45) is 6.94. The third-order valence-electron chi connectivity index (χ3n) is 3.37. The van der Waals surface area contributed by atoms with Crippen molar-refractivity contribution in [3.63, 3.8) is 0 Å². The summed E-state index contributed by atoms with van der Waals surface area (Å²) in [5.74, 6) is 1.83. The molecule has 0 saturated heterocycles. The minimum atomic E-state index is -0.790. The molecule has 0 radical (unpaired) electrons. The average Bonchev–Trinajstić information content (AvgIpc) is 2.57. The molecule has 5 nitrogen and oxygen atoms in total. The van der Waals surface area contributed by atoms with E-state index in [1.807, 2.05) is 6.07 Å². The molecule has 0 atom stereocenters. The first-order valence-electron chi connectivity index (χ1n) is 7.60. The highest BCUT2D eigenvalue weighted by Gasteiger charge is 2.19. The summed E-state index contributed by atoms with van der Waals surface area (Å²) in [5.41, 5.74) is 0.571. The lowest BCUT2D eigenvalue weighted by Crippen LogP contribution is -2.42. The molecule has 0 fully saturated rings. The molecule has 128 valence electrons. The molecule has 0 aliphatic heterocycles. The number of terminal acetylenes is 1. The quantitative estimate of drug-likeness (QED) is 0.810. The number of carbonyl (C=O) groups is 2. The summed E-state index contributed by atoms with van der Waals surface area (Å²) in [6.45, 7) is 3.42. The minimum Gasteiger partial charge on any atom is -0.335 e. The maximum Gasteiger partial charge on any atom is 0.271 e. The van der Waals surface area contributed by atoms with Gasteiger partial charge in [0, 0.05) is 16.9 Å². The third-order valence-corrected chi connectivity index (χ3v) is 3.74. The molecule has 0 spiro atoms. The van der Waals surface area contributed by atoms with Crippen LogP contribution in [0.5, 0.6) is 0 Å². The maximum absolute atomic E-state index is 12.2. The van der Waals surface area contributed by atoms with E-state index in [9.17, 15) is 9.59 Å². The van der Waals surface area contributed by atoms with Gasteiger partial charge in [-0.3, -0.25) is 14.6 Å². The molecule has 2 aromatic rings. The number of aromatic nitrogens is 1. The first kappa shape index (κ1) is 18.5. The van der Waals surface area contributed by atoms with Crippen molar-refractivity contribution in [1.29, 1.82) is 0 Å². The van der Waals surface area contributed by atoms with Gasteiger partial charge < -0.3 is 10.6 Å². The number of anilines is 1. The lowest BCUT2D eigenvalue weighted by atomic mass is 10.1. The van der Waals surface area contributed by atoms with Gasteiger partial charge in [-0.25, -0.2) is 0 Å². The van der Waals surface area contributed by atoms with Gasteiger partial charge in [-0.05, 0) is 37.6 Å². The number of carbonyl (C=O) groups excluding carboxylic acids is 2. The van der Waals surface area contributed by atoms with Crippen LogP contribution < -0.4 is 10.6 Å². The molecule has 2 amide bonds. The minimum absolute atomic E-state index is 0.133. The zero-order chi connectivity index (χ0) is 18.4. The third kappa shape index (κ3) is 5.33. The number of nitrogens with zero attached hydrogens (tertiary/aromatic N) is 1. The van der Waals surface area contributed by atoms with Crippen LogP contribution in [0.15, 0.2) is 42.6 Å². The van der Waals surface area contributed by atoms with Crippen LogP contribution in [0.2, 0.25) is 5.02 Å².